The number of benzene rings is 1. The highest BCUT2D eigenvalue weighted by Gasteiger charge is 2.27. The summed E-state index contributed by atoms with van der Waals surface area (Å²) in [7, 11) is 0. The Balaban J connectivity index is 1.67. The monoisotopic (exact) mass is 257 g/mol. The number of hydrogen-bond acceptors (Lipinski definition) is 1. The number of fused-ring (bicyclic) bond motifs is 1. The second kappa shape index (κ2) is 5.66. The largest absolute Gasteiger partial charge is 0.310 e. The van der Waals surface area contributed by atoms with Crippen LogP contribution in [-0.4, -0.2) is 6.54 Å². The van der Waals surface area contributed by atoms with Crippen molar-refractivity contribution in [2.24, 2.45) is 11.8 Å². The highest BCUT2D eigenvalue weighted by atomic mass is 14.9. The maximum absolute atomic E-state index is 3.87. The highest BCUT2D eigenvalue weighted by Crippen LogP contribution is 2.38. The molecule has 1 N–H and O–H groups in total. The molecule has 2 aliphatic rings. The quantitative estimate of drug-likeness (QED) is 0.831. The van der Waals surface area contributed by atoms with E-state index in [2.05, 4.69) is 43.4 Å². The topological polar surface area (TPSA) is 12.0 Å². The van der Waals surface area contributed by atoms with Gasteiger partial charge in [0.05, 0.1) is 0 Å². The lowest BCUT2D eigenvalue weighted by Crippen LogP contribution is -2.31. The average molecular weight is 257 g/mol. The molecule has 104 valence electrons. The molecule has 0 amide bonds. The molecule has 1 nitrogen and oxygen atoms in total. The zero-order chi connectivity index (χ0) is 13.2. The lowest BCUT2D eigenvalue weighted by atomic mass is 9.81. The van der Waals surface area contributed by atoms with Crippen molar-refractivity contribution < 1.29 is 0 Å². The summed E-state index contributed by atoms with van der Waals surface area (Å²) in [6.07, 6.45) is 6.93. The molecule has 4 unspecified atom stereocenters. The van der Waals surface area contributed by atoms with E-state index in [1.807, 2.05) is 0 Å². The van der Waals surface area contributed by atoms with E-state index in [9.17, 15) is 0 Å². The average Bonchev–Trinajstić information content (AvgIpc) is 2.84. The Morgan fingerprint density at radius 1 is 1.00 bits per heavy atom. The summed E-state index contributed by atoms with van der Waals surface area (Å²) < 4.78 is 0. The van der Waals surface area contributed by atoms with E-state index < -0.39 is 0 Å². The van der Waals surface area contributed by atoms with Gasteiger partial charge in [0.15, 0.2) is 0 Å². The van der Waals surface area contributed by atoms with Crippen molar-refractivity contribution in [3.63, 3.8) is 0 Å². The van der Waals surface area contributed by atoms with E-state index in [0.29, 0.717) is 6.04 Å². The summed E-state index contributed by atoms with van der Waals surface area (Å²) >= 11 is 0. The lowest BCUT2D eigenvalue weighted by molar-refractivity contribution is 0.346. The first-order valence-electron chi connectivity index (χ1n) is 8.08. The predicted molar refractivity (Wildman–Crippen MR) is 81.3 cm³/mol. The normalized spacial score (nSPS) is 34.2. The van der Waals surface area contributed by atoms with Crippen LogP contribution >= 0.6 is 0 Å². The lowest BCUT2D eigenvalue weighted by Gasteiger charge is -2.31. The van der Waals surface area contributed by atoms with Gasteiger partial charge < -0.3 is 5.32 Å². The molecular formula is C18H27N. The number of hydrogen-bond donors (Lipinski definition) is 1. The Labute approximate surface area is 117 Å². The smallest absolute Gasteiger partial charge is 0.0323 e. The first-order chi connectivity index (χ1) is 9.25. The minimum Gasteiger partial charge on any atom is -0.310 e. The van der Waals surface area contributed by atoms with Gasteiger partial charge in [-0.25, -0.2) is 0 Å². The summed E-state index contributed by atoms with van der Waals surface area (Å²) in [4.78, 5) is 0. The first kappa shape index (κ1) is 13.2. The van der Waals surface area contributed by atoms with E-state index in [4.69, 9.17) is 0 Å². The zero-order valence-corrected chi connectivity index (χ0v) is 12.4. The van der Waals surface area contributed by atoms with Crippen molar-refractivity contribution in [1.82, 2.24) is 5.32 Å². The van der Waals surface area contributed by atoms with Crippen LogP contribution in [0.15, 0.2) is 24.3 Å². The van der Waals surface area contributed by atoms with Crippen molar-refractivity contribution >= 4 is 0 Å². The molecular weight excluding hydrogens is 230 g/mol. The van der Waals surface area contributed by atoms with Crippen molar-refractivity contribution in [2.75, 3.05) is 6.54 Å². The molecule has 1 saturated carbocycles. The predicted octanol–water partition coefficient (Wildman–Crippen LogP) is 4.65. The Bertz CT molecular complexity index is 425. The molecule has 1 aromatic carbocycles. The molecule has 2 aliphatic carbocycles. The summed E-state index contributed by atoms with van der Waals surface area (Å²) in [5.41, 5.74) is 3.14. The van der Waals surface area contributed by atoms with Crippen molar-refractivity contribution in [3.8, 4) is 0 Å². The molecule has 19 heavy (non-hydrogen) atoms. The minimum absolute atomic E-state index is 0.597. The third kappa shape index (κ3) is 2.72. The van der Waals surface area contributed by atoms with Crippen LogP contribution in [0.25, 0.3) is 0 Å². The molecule has 4 atom stereocenters. The maximum Gasteiger partial charge on any atom is 0.0323 e. The second-order valence-electron chi connectivity index (χ2n) is 6.74. The standard InChI is InChI=1S/C18H27N/c1-13-6-5-7-15(13)12-19-18-11-10-14(2)16-8-3-4-9-17(16)18/h3-4,8-9,13-15,18-19H,5-7,10-12H2,1-2H3. The minimum atomic E-state index is 0.597. The zero-order valence-electron chi connectivity index (χ0n) is 12.4. The Kier molecular flexibility index (Phi) is 3.93. The van der Waals surface area contributed by atoms with Crippen LogP contribution in [-0.2, 0) is 0 Å². The summed E-state index contributed by atoms with van der Waals surface area (Å²) in [5, 5.41) is 3.87. The second-order valence-corrected chi connectivity index (χ2v) is 6.74. The molecule has 0 saturated heterocycles. The fourth-order valence-corrected chi connectivity index (χ4v) is 4.04. The van der Waals surface area contributed by atoms with Gasteiger partial charge in [0, 0.05) is 6.04 Å². The highest BCUT2D eigenvalue weighted by molar-refractivity contribution is 5.34. The van der Waals surface area contributed by atoms with Crippen LogP contribution in [0.5, 0.6) is 0 Å². The summed E-state index contributed by atoms with van der Waals surface area (Å²) in [5.74, 6) is 2.57. The Morgan fingerprint density at radius 3 is 2.53 bits per heavy atom. The van der Waals surface area contributed by atoms with Gasteiger partial charge in [-0.1, -0.05) is 51.0 Å². The van der Waals surface area contributed by atoms with Crippen molar-refractivity contribution in [1.29, 1.82) is 0 Å². The molecule has 0 aromatic heterocycles. The van der Waals surface area contributed by atoms with E-state index in [0.717, 1.165) is 17.8 Å². The Morgan fingerprint density at radius 2 is 1.79 bits per heavy atom. The van der Waals surface area contributed by atoms with Gasteiger partial charge in [-0.2, -0.15) is 0 Å². The van der Waals surface area contributed by atoms with Crippen molar-refractivity contribution in [3.05, 3.63) is 35.4 Å². The molecule has 0 bridgehead atoms. The van der Waals surface area contributed by atoms with Gasteiger partial charge >= 0.3 is 0 Å². The fourth-order valence-electron chi connectivity index (χ4n) is 4.04. The van der Waals surface area contributed by atoms with Gasteiger partial charge in [0.1, 0.15) is 0 Å². The SMILES string of the molecule is CC1CCC(NCC2CCCC2C)c2ccccc21. The van der Waals surface area contributed by atoms with Gasteiger partial charge in [-0.15, -0.1) is 0 Å². The van der Waals surface area contributed by atoms with E-state index >= 15 is 0 Å². The van der Waals surface area contributed by atoms with Crippen LogP contribution in [0.1, 0.15) is 69.0 Å². The first-order valence-corrected chi connectivity index (χ1v) is 8.08. The molecule has 1 fully saturated rings. The van der Waals surface area contributed by atoms with Crippen LogP contribution in [0, 0.1) is 11.8 Å². The molecule has 0 heterocycles. The molecule has 0 aliphatic heterocycles. The summed E-state index contributed by atoms with van der Waals surface area (Å²) in [6, 6.07) is 9.65. The molecule has 1 heteroatoms. The van der Waals surface area contributed by atoms with Gasteiger partial charge in [-0.05, 0) is 54.7 Å². The summed E-state index contributed by atoms with van der Waals surface area (Å²) in [6.45, 7) is 6.01. The molecule has 3 rings (SSSR count). The van der Waals surface area contributed by atoms with Crippen LogP contribution < -0.4 is 5.32 Å². The van der Waals surface area contributed by atoms with E-state index in [-0.39, 0.29) is 0 Å². The third-order valence-electron chi connectivity index (χ3n) is 5.46. The maximum atomic E-state index is 3.87. The van der Waals surface area contributed by atoms with E-state index in [1.165, 1.54) is 38.6 Å². The molecule has 0 radical (unpaired) electrons. The van der Waals surface area contributed by atoms with Crippen LogP contribution in [0.3, 0.4) is 0 Å². The molecule has 1 aromatic rings. The fraction of sp³-hybridized carbons (Fsp3) is 0.667. The van der Waals surface area contributed by atoms with Gasteiger partial charge in [-0.3, -0.25) is 0 Å². The van der Waals surface area contributed by atoms with Crippen LogP contribution in [0.2, 0.25) is 0 Å². The molecule has 0 spiro atoms. The van der Waals surface area contributed by atoms with Crippen LogP contribution in [0.4, 0.5) is 0 Å². The van der Waals surface area contributed by atoms with E-state index in [1.54, 1.807) is 11.1 Å². The van der Waals surface area contributed by atoms with Gasteiger partial charge in [0.2, 0.25) is 0 Å². The van der Waals surface area contributed by atoms with Crippen molar-refractivity contribution in [2.45, 2.75) is 57.9 Å². The third-order valence-corrected chi connectivity index (χ3v) is 5.46. The van der Waals surface area contributed by atoms with Gasteiger partial charge in [0.25, 0.3) is 0 Å². The number of rotatable bonds is 3. The Hall–Kier alpha value is -0.820. The number of nitrogens with one attached hydrogen (secondary N) is 1.